The maximum atomic E-state index is 13.0. The minimum atomic E-state index is -3.80. The molecule has 5 nitrogen and oxygen atoms in total. The van der Waals surface area contributed by atoms with E-state index in [0.29, 0.717) is 16.3 Å². The molecule has 130 valence electrons. The van der Waals surface area contributed by atoms with E-state index in [1.54, 1.807) is 24.3 Å². The van der Waals surface area contributed by atoms with Crippen molar-refractivity contribution in [2.45, 2.75) is 16.1 Å². The second kappa shape index (κ2) is 6.34. The number of benzene rings is 2. The number of methoxy groups -OCH3 is 1. The van der Waals surface area contributed by atoms with Crippen molar-refractivity contribution in [3.8, 4) is 11.8 Å². The number of aliphatic hydroxyl groups is 1. The van der Waals surface area contributed by atoms with Crippen molar-refractivity contribution in [3.05, 3.63) is 59.1 Å². The Kier molecular flexibility index (Phi) is 4.50. The Bertz CT molecular complexity index is 919. The third-order valence-electron chi connectivity index (χ3n) is 4.68. The number of sulfone groups is 1. The van der Waals surface area contributed by atoms with Crippen molar-refractivity contribution in [1.82, 2.24) is 0 Å². The highest BCUT2D eigenvalue weighted by Gasteiger charge is 2.72. The zero-order valence-corrected chi connectivity index (χ0v) is 15.0. The van der Waals surface area contributed by atoms with Crippen LogP contribution in [0.25, 0.3) is 0 Å². The zero-order chi connectivity index (χ0) is 18.2. The fourth-order valence-corrected chi connectivity index (χ4v) is 5.71. The number of hydrogen-bond donors (Lipinski definition) is 1. The van der Waals surface area contributed by atoms with Crippen LogP contribution in [0.15, 0.2) is 53.4 Å². The number of nitrogens with zero attached hydrogens (tertiary/aromatic N) is 1. The molecule has 3 rings (SSSR count). The molecular weight excluding hydrogens is 362 g/mol. The van der Waals surface area contributed by atoms with Gasteiger partial charge >= 0.3 is 0 Å². The van der Waals surface area contributed by atoms with Gasteiger partial charge in [0.25, 0.3) is 0 Å². The van der Waals surface area contributed by atoms with Crippen LogP contribution in [-0.4, -0.2) is 32.5 Å². The van der Waals surface area contributed by atoms with Gasteiger partial charge < -0.3 is 9.84 Å². The number of halogens is 1. The summed E-state index contributed by atoms with van der Waals surface area (Å²) in [7, 11) is -2.26. The molecule has 0 saturated heterocycles. The smallest absolute Gasteiger partial charge is 0.183 e. The van der Waals surface area contributed by atoms with E-state index in [2.05, 4.69) is 0 Å². The number of nitriles is 1. The van der Waals surface area contributed by atoms with Crippen LogP contribution in [0.3, 0.4) is 0 Å². The molecule has 1 aliphatic rings. The van der Waals surface area contributed by atoms with Crippen LogP contribution in [0.2, 0.25) is 5.02 Å². The van der Waals surface area contributed by atoms with Gasteiger partial charge in [0.05, 0.1) is 29.9 Å². The van der Waals surface area contributed by atoms with Crippen molar-refractivity contribution >= 4 is 21.4 Å². The SMILES string of the molecule is COc1ccc([C@@H]2[C@H](S(=O)(=O)c3ccc(Cl)cc3)[C@@]2(C#N)CO)cc1. The molecule has 0 radical (unpaired) electrons. The van der Waals surface area contributed by atoms with E-state index in [-0.39, 0.29) is 4.90 Å². The molecule has 3 atom stereocenters. The van der Waals surface area contributed by atoms with Crippen LogP contribution in [0.4, 0.5) is 0 Å². The van der Waals surface area contributed by atoms with Gasteiger partial charge in [0.2, 0.25) is 0 Å². The first kappa shape index (κ1) is 17.7. The first-order valence-corrected chi connectivity index (χ1v) is 9.48. The molecule has 0 spiro atoms. The van der Waals surface area contributed by atoms with Crippen molar-refractivity contribution in [1.29, 1.82) is 5.26 Å². The van der Waals surface area contributed by atoms with Gasteiger partial charge in [-0.2, -0.15) is 5.26 Å². The Morgan fingerprint density at radius 2 is 1.80 bits per heavy atom. The van der Waals surface area contributed by atoms with Crippen molar-refractivity contribution in [2.75, 3.05) is 13.7 Å². The summed E-state index contributed by atoms with van der Waals surface area (Å²) in [6.07, 6.45) is 0. The monoisotopic (exact) mass is 377 g/mol. The fourth-order valence-electron chi connectivity index (χ4n) is 3.27. The van der Waals surface area contributed by atoms with Crippen LogP contribution >= 0.6 is 11.6 Å². The maximum absolute atomic E-state index is 13.0. The molecule has 0 bridgehead atoms. The van der Waals surface area contributed by atoms with Crippen LogP contribution in [-0.2, 0) is 9.84 Å². The average molecular weight is 378 g/mol. The maximum Gasteiger partial charge on any atom is 0.183 e. The normalized spacial score (nSPS) is 25.2. The highest BCUT2D eigenvalue weighted by Crippen LogP contribution is 2.63. The lowest BCUT2D eigenvalue weighted by molar-refractivity contribution is 0.242. The first-order chi connectivity index (χ1) is 11.9. The molecule has 0 heterocycles. The Hall–Kier alpha value is -2.07. The lowest BCUT2D eigenvalue weighted by atomic mass is 10.0. The van der Waals surface area contributed by atoms with Crippen molar-refractivity contribution < 1.29 is 18.3 Å². The van der Waals surface area contributed by atoms with Gasteiger partial charge in [0, 0.05) is 10.9 Å². The quantitative estimate of drug-likeness (QED) is 0.865. The summed E-state index contributed by atoms with van der Waals surface area (Å²) in [5, 5.41) is 18.8. The zero-order valence-electron chi connectivity index (χ0n) is 13.4. The van der Waals surface area contributed by atoms with Crippen LogP contribution in [0, 0.1) is 16.7 Å². The van der Waals surface area contributed by atoms with Crippen molar-refractivity contribution in [3.63, 3.8) is 0 Å². The van der Waals surface area contributed by atoms with Crippen LogP contribution in [0.5, 0.6) is 5.75 Å². The lowest BCUT2D eigenvalue weighted by Gasteiger charge is -2.06. The minimum absolute atomic E-state index is 0.0889. The van der Waals surface area contributed by atoms with Crippen molar-refractivity contribution in [2.24, 2.45) is 5.41 Å². The molecule has 2 aromatic rings. The number of rotatable bonds is 5. The van der Waals surface area contributed by atoms with Gasteiger partial charge in [-0.05, 0) is 42.0 Å². The van der Waals surface area contributed by atoms with Gasteiger partial charge in [-0.1, -0.05) is 23.7 Å². The van der Waals surface area contributed by atoms with E-state index in [0.717, 1.165) is 0 Å². The van der Waals surface area contributed by atoms with E-state index >= 15 is 0 Å². The molecule has 1 aliphatic carbocycles. The summed E-state index contributed by atoms with van der Waals surface area (Å²) < 4.78 is 31.1. The molecule has 7 heteroatoms. The molecule has 0 unspecified atom stereocenters. The summed E-state index contributed by atoms with van der Waals surface area (Å²) in [6.45, 7) is -0.530. The largest absolute Gasteiger partial charge is 0.497 e. The molecule has 1 fully saturated rings. The standard InChI is InChI=1S/C18H16ClNO4S/c1-24-14-6-2-12(3-7-14)16-17(18(16,10-20)11-21)25(22,23)15-8-4-13(19)5-9-15/h2-9,16-17,21H,11H2,1H3/t16-,17+,18+/m1/s1. The van der Waals surface area contributed by atoms with E-state index in [1.807, 2.05) is 6.07 Å². The highest BCUT2D eigenvalue weighted by atomic mass is 35.5. The summed E-state index contributed by atoms with van der Waals surface area (Å²) in [6, 6.07) is 14.7. The minimum Gasteiger partial charge on any atom is -0.497 e. The second-order valence-electron chi connectivity index (χ2n) is 5.98. The predicted octanol–water partition coefficient (Wildman–Crippen LogP) is 2.79. The summed E-state index contributed by atoms with van der Waals surface area (Å²) in [5.41, 5.74) is -0.675. The van der Waals surface area contributed by atoms with E-state index in [1.165, 1.54) is 31.4 Å². The summed E-state index contributed by atoms with van der Waals surface area (Å²) >= 11 is 5.82. The van der Waals surface area contributed by atoms with Gasteiger partial charge in [-0.15, -0.1) is 0 Å². The van der Waals surface area contributed by atoms with E-state index < -0.39 is 33.0 Å². The molecule has 0 aliphatic heterocycles. The Labute approximate surface area is 151 Å². The van der Waals surface area contributed by atoms with Gasteiger partial charge in [0.15, 0.2) is 9.84 Å². The third kappa shape index (κ3) is 2.78. The molecule has 1 N–H and O–H groups in total. The van der Waals surface area contributed by atoms with Crippen LogP contribution < -0.4 is 4.74 Å². The summed E-state index contributed by atoms with van der Waals surface area (Å²) in [4.78, 5) is 0.0889. The van der Waals surface area contributed by atoms with E-state index in [4.69, 9.17) is 16.3 Å². The Morgan fingerprint density at radius 3 is 2.28 bits per heavy atom. The Morgan fingerprint density at radius 1 is 1.20 bits per heavy atom. The predicted molar refractivity (Wildman–Crippen MR) is 93.3 cm³/mol. The van der Waals surface area contributed by atoms with Gasteiger partial charge in [-0.25, -0.2) is 8.42 Å². The number of ether oxygens (including phenoxy) is 1. The molecule has 25 heavy (non-hydrogen) atoms. The molecular formula is C18H16ClNO4S. The number of aliphatic hydroxyl groups excluding tert-OH is 1. The molecule has 0 amide bonds. The second-order valence-corrected chi connectivity index (χ2v) is 8.49. The van der Waals surface area contributed by atoms with Gasteiger partial charge in [-0.3, -0.25) is 0 Å². The molecule has 2 aromatic carbocycles. The highest BCUT2D eigenvalue weighted by molar-refractivity contribution is 7.92. The number of hydrogen-bond acceptors (Lipinski definition) is 5. The van der Waals surface area contributed by atoms with Crippen LogP contribution in [0.1, 0.15) is 11.5 Å². The Balaban J connectivity index is 2.04. The first-order valence-electron chi connectivity index (χ1n) is 7.56. The topological polar surface area (TPSA) is 87.4 Å². The molecule has 0 aromatic heterocycles. The third-order valence-corrected chi connectivity index (χ3v) is 7.22. The average Bonchev–Trinajstić information content (AvgIpc) is 3.33. The summed E-state index contributed by atoms with van der Waals surface area (Å²) in [5.74, 6) is 0.0298. The van der Waals surface area contributed by atoms with Gasteiger partial charge in [0.1, 0.15) is 11.2 Å². The molecule has 1 saturated carbocycles. The lowest BCUT2D eigenvalue weighted by Crippen LogP contribution is -2.18. The van der Waals surface area contributed by atoms with E-state index in [9.17, 15) is 18.8 Å². The fraction of sp³-hybridized carbons (Fsp3) is 0.278.